The van der Waals surface area contributed by atoms with Gasteiger partial charge in [0.1, 0.15) is 17.6 Å². The van der Waals surface area contributed by atoms with E-state index in [0.29, 0.717) is 28.3 Å². The van der Waals surface area contributed by atoms with Crippen molar-refractivity contribution in [3.05, 3.63) is 89.4 Å². The summed E-state index contributed by atoms with van der Waals surface area (Å²) in [6.07, 6.45) is 8.47. The number of aromatic nitrogens is 5. The van der Waals surface area contributed by atoms with E-state index >= 15 is 0 Å². The van der Waals surface area contributed by atoms with Gasteiger partial charge in [0.25, 0.3) is 17.7 Å². The van der Waals surface area contributed by atoms with E-state index in [1.807, 2.05) is 47.3 Å². The molecule has 15 heteroatoms. The molecule has 3 aromatic carbocycles. The first-order valence-electron chi connectivity index (χ1n) is 19.9. The number of anilines is 2. The minimum absolute atomic E-state index is 0.0873. The number of hydrogen-bond donors (Lipinski definition) is 3. The third kappa shape index (κ3) is 7.42. The summed E-state index contributed by atoms with van der Waals surface area (Å²) in [6, 6.07) is 17.4. The number of carbonyl (C=O) groups is 5. The van der Waals surface area contributed by atoms with Crippen LogP contribution in [0.5, 0.6) is 0 Å². The Labute approximate surface area is 328 Å². The molecule has 57 heavy (non-hydrogen) atoms. The fourth-order valence-corrected chi connectivity index (χ4v) is 8.66. The minimum atomic E-state index is -0.984. The van der Waals surface area contributed by atoms with Crippen molar-refractivity contribution >= 4 is 51.9 Å². The molecule has 1 unspecified atom stereocenters. The highest BCUT2D eigenvalue weighted by Crippen LogP contribution is 2.36. The van der Waals surface area contributed by atoms with Crippen molar-refractivity contribution in [2.75, 3.05) is 36.4 Å². The van der Waals surface area contributed by atoms with Gasteiger partial charge in [0.05, 0.1) is 40.6 Å². The number of amides is 5. The average Bonchev–Trinajstić information content (AvgIpc) is 4.04. The molecule has 3 saturated heterocycles. The molecule has 0 spiro atoms. The molecule has 1 atom stereocenters. The van der Waals surface area contributed by atoms with Crippen LogP contribution in [-0.4, -0.2) is 96.5 Å². The van der Waals surface area contributed by atoms with Gasteiger partial charge in [-0.3, -0.25) is 43.8 Å². The summed E-state index contributed by atoms with van der Waals surface area (Å²) < 4.78 is 1.86. The number of likely N-dealkylation sites (tertiary alicyclic amines) is 1. The van der Waals surface area contributed by atoms with Crippen LogP contribution in [-0.2, 0) is 22.7 Å². The molecule has 2 aromatic heterocycles. The van der Waals surface area contributed by atoms with Crippen molar-refractivity contribution in [3.63, 3.8) is 0 Å². The lowest BCUT2D eigenvalue weighted by Crippen LogP contribution is -2.54. The Hall–Kier alpha value is -6.22. The molecule has 15 nitrogen and oxygen atoms in total. The molecule has 3 fully saturated rings. The van der Waals surface area contributed by atoms with Crippen LogP contribution in [0.15, 0.2) is 66.9 Å². The number of nitrogens with zero attached hydrogens (tertiary/aromatic N) is 7. The Morgan fingerprint density at radius 2 is 1.70 bits per heavy atom. The van der Waals surface area contributed by atoms with Crippen molar-refractivity contribution < 1.29 is 24.0 Å². The molecule has 292 valence electrons. The van der Waals surface area contributed by atoms with Gasteiger partial charge >= 0.3 is 0 Å². The Balaban J connectivity index is 0.747. The second-order valence-corrected chi connectivity index (χ2v) is 15.5. The molecule has 6 heterocycles. The van der Waals surface area contributed by atoms with E-state index in [0.717, 1.165) is 104 Å². The predicted octanol–water partition coefficient (Wildman–Crippen LogP) is 4.77. The first-order chi connectivity index (χ1) is 27.8. The van der Waals surface area contributed by atoms with E-state index < -0.39 is 29.7 Å². The molecular formula is C42H44N10O5. The van der Waals surface area contributed by atoms with Gasteiger partial charge in [0.15, 0.2) is 0 Å². The average molecular weight is 769 g/mol. The maximum absolute atomic E-state index is 13.6. The fraction of sp³-hybridized carbons (Fsp3) is 0.381. The number of hydrogen-bond acceptors (Lipinski definition) is 10. The van der Waals surface area contributed by atoms with Crippen molar-refractivity contribution in [1.82, 2.24) is 40.1 Å². The third-order valence-corrected chi connectivity index (χ3v) is 11.7. The molecule has 4 aliphatic rings. The maximum atomic E-state index is 13.6. The summed E-state index contributed by atoms with van der Waals surface area (Å²) in [5.41, 5.74) is 6.00. The number of fused-ring (bicyclic) bond motifs is 2. The molecule has 9 rings (SSSR count). The third-order valence-electron chi connectivity index (χ3n) is 11.7. The lowest BCUT2D eigenvalue weighted by atomic mass is 9.91. The lowest BCUT2D eigenvalue weighted by molar-refractivity contribution is -0.136. The number of benzene rings is 3. The van der Waals surface area contributed by atoms with Crippen molar-refractivity contribution in [1.29, 1.82) is 0 Å². The van der Waals surface area contributed by atoms with E-state index in [1.54, 1.807) is 24.3 Å². The number of rotatable bonds is 11. The van der Waals surface area contributed by atoms with Crippen molar-refractivity contribution in [3.8, 4) is 11.3 Å². The second-order valence-electron chi connectivity index (χ2n) is 15.5. The predicted molar refractivity (Wildman–Crippen MR) is 211 cm³/mol. The number of aromatic amines is 1. The number of H-pyrrole nitrogens is 1. The summed E-state index contributed by atoms with van der Waals surface area (Å²) in [7, 11) is 0. The summed E-state index contributed by atoms with van der Waals surface area (Å²) in [6.45, 7) is 5.25. The molecule has 4 aliphatic heterocycles. The highest BCUT2D eigenvalue weighted by molar-refractivity contribution is 6.25. The summed E-state index contributed by atoms with van der Waals surface area (Å²) in [5, 5.41) is 14.0. The fourth-order valence-electron chi connectivity index (χ4n) is 8.66. The van der Waals surface area contributed by atoms with E-state index in [2.05, 4.69) is 35.7 Å². The van der Waals surface area contributed by atoms with Gasteiger partial charge in [-0.25, -0.2) is 4.98 Å². The van der Waals surface area contributed by atoms with Crippen molar-refractivity contribution in [2.24, 2.45) is 5.92 Å². The van der Waals surface area contributed by atoms with Gasteiger partial charge in [0.2, 0.25) is 11.8 Å². The van der Waals surface area contributed by atoms with Gasteiger partial charge in [-0.05, 0) is 106 Å². The lowest BCUT2D eigenvalue weighted by Gasteiger charge is -2.34. The molecule has 3 N–H and O–H groups in total. The van der Waals surface area contributed by atoms with Crippen LogP contribution in [0.25, 0.3) is 22.3 Å². The van der Waals surface area contributed by atoms with Gasteiger partial charge in [-0.15, -0.1) is 5.10 Å². The second kappa shape index (κ2) is 15.4. The molecule has 0 bridgehead atoms. The van der Waals surface area contributed by atoms with E-state index in [1.165, 1.54) is 12.8 Å². The number of carbonyl (C=O) groups excluding carboxylic acids is 5. The van der Waals surface area contributed by atoms with Crippen LogP contribution in [0.2, 0.25) is 0 Å². The van der Waals surface area contributed by atoms with Crippen LogP contribution < -0.4 is 15.5 Å². The smallest absolute Gasteiger partial charge is 0.264 e. The normalized spacial score (nSPS) is 19.1. The van der Waals surface area contributed by atoms with Gasteiger partial charge < -0.3 is 15.2 Å². The number of imide groups is 2. The number of aryl methyl sites for hydroxylation is 1. The Morgan fingerprint density at radius 1 is 0.895 bits per heavy atom. The van der Waals surface area contributed by atoms with Crippen molar-refractivity contribution in [2.45, 2.75) is 70.5 Å². The maximum Gasteiger partial charge on any atom is 0.264 e. The summed E-state index contributed by atoms with van der Waals surface area (Å²) >= 11 is 0. The molecular weight excluding hydrogens is 725 g/mol. The standard InChI is InChI=1S/C42H44N10O5/c53-37-15-14-35(40(55)46-37)52-41(56)30-6-3-7-34(38(30)42(52)57)50-21-16-26(17-22-50)5-4-20-51-24-33(47-48-51)27-8-10-28(11-9-27)39(54)43-29-12-13-31-32(23-29)45-36(44-31)25-49-18-1-2-19-49/h3,6-13,23-24,26,35H,1-2,4-5,14-22,25H2,(H,43,54)(H,44,45)(H,46,53,55). The molecule has 0 saturated carbocycles. The van der Waals surface area contributed by atoms with Gasteiger partial charge in [-0.2, -0.15) is 0 Å². The zero-order valence-electron chi connectivity index (χ0n) is 31.6. The summed E-state index contributed by atoms with van der Waals surface area (Å²) in [5.74, 6) is -0.712. The summed E-state index contributed by atoms with van der Waals surface area (Å²) in [4.78, 5) is 77.9. The SMILES string of the molecule is O=C1CCC(N2C(=O)c3cccc(N4CCC(CCCn5cc(-c6ccc(C(=O)Nc7ccc8[nH]c(CN9CCCC9)nc8c7)cc6)nn5)CC4)c3C2=O)C(=O)N1. The zero-order chi connectivity index (χ0) is 39.0. The molecule has 5 amide bonds. The number of imidazole rings is 1. The van der Waals surface area contributed by atoms with E-state index in [-0.39, 0.29) is 18.7 Å². The van der Waals surface area contributed by atoms with E-state index in [4.69, 9.17) is 4.98 Å². The number of nitrogens with one attached hydrogen (secondary N) is 3. The topological polar surface area (TPSA) is 179 Å². The van der Waals surface area contributed by atoms with Gasteiger partial charge in [0, 0.05) is 42.9 Å². The van der Waals surface area contributed by atoms with Crippen LogP contribution in [0, 0.1) is 5.92 Å². The molecule has 0 aliphatic carbocycles. The van der Waals surface area contributed by atoms with E-state index in [9.17, 15) is 24.0 Å². The minimum Gasteiger partial charge on any atom is -0.371 e. The quantitative estimate of drug-likeness (QED) is 0.159. The van der Waals surface area contributed by atoms with Crippen LogP contribution in [0.3, 0.4) is 0 Å². The highest BCUT2D eigenvalue weighted by Gasteiger charge is 2.46. The molecule has 0 radical (unpaired) electrons. The monoisotopic (exact) mass is 768 g/mol. The van der Waals surface area contributed by atoms with Crippen LogP contribution in [0.1, 0.15) is 88.3 Å². The first-order valence-corrected chi connectivity index (χ1v) is 19.9. The van der Waals surface area contributed by atoms with Crippen LogP contribution in [0.4, 0.5) is 11.4 Å². The van der Waals surface area contributed by atoms with Crippen LogP contribution >= 0.6 is 0 Å². The zero-order valence-corrected chi connectivity index (χ0v) is 31.6. The van der Waals surface area contributed by atoms with Gasteiger partial charge in [-0.1, -0.05) is 23.4 Å². The highest BCUT2D eigenvalue weighted by atomic mass is 16.2. The molecule has 5 aromatic rings. The largest absolute Gasteiger partial charge is 0.371 e. The Morgan fingerprint density at radius 3 is 2.49 bits per heavy atom. The first kappa shape index (κ1) is 36.4. The Kier molecular flexibility index (Phi) is 9.82. The number of piperidine rings is 2. The Bertz CT molecular complexity index is 2370.